The fourth-order valence-electron chi connectivity index (χ4n) is 2.55. The van der Waals surface area contributed by atoms with Gasteiger partial charge in [-0.2, -0.15) is 0 Å². The molecule has 0 N–H and O–H groups in total. The number of benzene rings is 2. The molecular formula is C20H15BrINO6. The zero-order chi connectivity index (χ0) is 21.1. The Morgan fingerprint density at radius 1 is 1.17 bits per heavy atom. The van der Waals surface area contributed by atoms with E-state index in [1.807, 2.05) is 18.2 Å². The summed E-state index contributed by atoms with van der Waals surface area (Å²) in [5, 5.41) is 0. The second-order valence-corrected chi connectivity index (χ2v) is 7.83. The number of carbonyl (C=O) groups is 2. The van der Waals surface area contributed by atoms with E-state index >= 15 is 0 Å². The standard InChI is InChI=1S/C20H15BrINO6/c1-10(24)28-18-16(26-2)7-11(8-17(18)27-3)6-15-20(25)29-19(23-15)12-4-5-14(22)13(21)9-12/h4-9H,1-3H3/b15-6-. The van der Waals surface area contributed by atoms with Crippen molar-refractivity contribution in [2.45, 2.75) is 6.92 Å². The average Bonchev–Trinajstić information content (AvgIpc) is 3.04. The Morgan fingerprint density at radius 3 is 2.38 bits per heavy atom. The van der Waals surface area contributed by atoms with Gasteiger partial charge in [-0.3, -0.25) is 4.79 Å². The van der Waals surface area contributed by atoms with E-state index in [-0.39, 0.29) is 28.8 Å². The van der Waals surface area contributed by atoms with Gasteiger partial charge in [-0.05, 0) is 80.5 Å². The fraction of sp³-hybridized carbons (Fsp3) is 0.150. The second-order valence-electron chi connectivity index (χ2n) is 5.81. The maximum absolute atomic E-state index is 12.3. The van der Waals surface area contributed by atoms with Crippen molar-refractivity contribution < 1.29 is 28.5 Å². The molecule has 0 spiro atoms. The number of nitrogens with zero attached hydrogens (tertiary/aromatic N) is 1. The molecule has 0 amide bonds. The monoisotopic (exact) mass is 571 g/mol. The van der Waals surface area contributed by atoms with Gasteiger partial charge < -0.3 is 18.9 Å². The Morgan fingerprint density at radius 2 is 1.83 bits per heavy atom. The van der Waals surface area contributed by atoms with Crippen molar-refractivity contribution in [3.8, 4) is 17.2 Å². The van der Waals surface area contributed by atoms with Gasteiger partial charge in [-0.1, -0.05) is 0 Å². The lowest BCUT2D eigenvalue weighted by Gasteiger charge is -2.13. The van der Waals surface area contributed by atoms with Crippen LogP contribution in [0.1, 0.15) is 18.1 Å². The highest BCUT2D eigenvalue weighted by molar-refractivity contribution is 14.1. The summed E-state index contributed by atoms with van der Waals surface area (Å²) >= 11 is 5.64. The van der Waals surface area contributed by atoms with Gasteiger partial charge in [0.15, 0.2) is 17.2 Å². The summed E-state index contributed by atoms with van der Waals surface area (Å²) in [5.74, 6) is -0.144. The quantitative estimate of drug-likeness (QED) is 0.230. The molecule has 0 saturated heterocycles. The molecule has 0 radical (unpaired) electrons. The number of carbonyl (C=O) groups excluding carboxylic acids is 2. The number of halogens is 2. The van der Waals surface area contributed by atoms with Crippen molar-refractivity contribution in [3.05, 3.63) is 55.2 Å². The maximum atomic E-state index is 12.3. The van der Waals surface area contributed by atoms with Gasteiger partial charge in [0, 0.05) is 20.5 Å². The first-order valence-corrected chi connectivity index (χ1v) is 10.1. The van der Waals surface area contributed by atoms with Crippen molar-refractivity contribution in [3.63, 3.8) is 0 Å². The highest BCUT2D eigenvalue weighted by Gasteiger charge is 2.25. The molecule has 2 aromatic rings. The minimum atomic E-state index is -0.573. The summed E-state index contributed by atoms with van der Waals surface area (Å²) < 4.78 is 23.0. The van der Waals surface area contributed by atoms with Crippen molar-refractivity contribution in [2.24, 2.45) is 4.99 Å². The molecule has 150 valence electrons. The highest BCUT2D eigenvalue weighted by atomic mass is 127. The average molecular weight is 572 g/mol. The van der Waals surface area contributed by atoms with Crippen molar-refractivity contribution >= 4 is 62.4 Å². The molecule has 9 heteroatoms. The van der Waals surface area contributed by atoms with Crippen molar-refractivity contribution in [2.75, 3.05) is 14.2 Å². The lowest BCUT2D eigenvalue weighted by molar-refractivity contribution is -0.132. The molecule has 2 aromatic carbocycles. The first-order valence-electron chi connectivity index (χ1n) is 8.24. The maximum Gasteiger partial charge on any atom is 0.363 e. The molecule has 29 heavy (non-hydrogen) atoms. The molecule has 1 heterocycles. The van der Waals surface area contributed by atoms with Crippen LogP contribution in [-0.4, -0.2) is 32.1 Å². The van der Waals surface area contributed by atoms with Crippen LogP contribution in [0.2, 0.25) is 0 Å². The topological polar surface area (TPSA) is 83.4 Å². The summed E-state index contributed by atoms with van der Waals surface area (Å²) in [6.45, 7) is 1.28. The van der Waals surface area contributed by atoms with Crippen LogP contribution in [-0.2, 0) is 14.3 Å². The molecule has 0 bridgehead atoms. The molecule has 0 fully saturated rings. The van der Waals surface area contributed by atoms with E-state index in [4.69, 9.17) is 18.9 Å². The summed E-state index contributed by atoms with van der Waals surface area (Å²) in [5.41, 5.74) is 1.36. The summed E-state index contributed by atoms with van der Waals surface area (Å²) in [6.07, 6.45) is 1.54. The Balaban J connectivity index is 2.00. The van der Waals surface area contributed by atoms with Gasteiger partial charge in [0.1, 0.15) is 0 Å². The van der Waals surface area contributed by atoms with E-state index in [0.29, 0.717) is 11.1 Å². The third-order valence-electron chi connectivity index (χ3n) is 3.82. The second kappa shape index (κ2) is 8.95. The summed E-state index contributed by atoms with van der Waals surface area (Å²) in [6, 6.07) is 8.76. The minimum Gasteiger partial charge on any atom is -0.493 e. The third-order valence-corrected chi connectivity index (χ3v) is 6.16. The molecule has 1 aliphatic rings. The van der Waals surface area contributed by atoms with Crippen LogP contribution < -0.4 is 14.2 Å². The molecule has 3 rings (SSSR count). The molecule has 1 aliphatic heterocycles. The normalized spacial score (nSPS) is 14.4. The zero-order valence-corrected chi connectivity index (χ0v) is 19.4. The van der Waals surface area contributed by atoms with Crippen LogP contribution in [0.4, 0.5) is 0 Å². The van der Waals surface area contributed by atoms with Gasteiger partial charge >= 0.3 is 11.9 Å². The van der Waals surface area contributed by atoms with E-state index in [9.17, 15) is 9.59 Å². The fourth-order valence-corrected chi connectivity index (χ4v) is 3.26. The number of hydrogen-bond donors (Lipinski definition) is 0. The number of methoxy groups -OCH3 is 2. The number of hydrogen-bond acceptors (Lipinski definition) is 7. The predicted molar refractivity (Wildman–Crippen MR) is 118 cm³/mol. The van der Waals surface area contributed by atoms with Crippen molar-refractivity contribution in [1.29, 1.82) is 0 Å². The van der Waals surface area contributed by atoms with Crippen molar-refractivity contribution in [1.82, 2.24) is 0 Å². The highest BCUT2D eigenvalue weighted by Crippen LogP contribution is 2.39. The van der Waals surface area contributed by atoms with Gasteiger partial charge in [0.25, 0.3) is 0 Å². The third kappa shape index (κ3) is 4.78. The number of ether oxygens (including phenoxy) is 4. The first kappa shape index (κ1) is 21.3. The smallest absolute Gasteiger partial charge is 0.363 e. The van der Waals surface area contributed by atoms with Crippen LogP contribution in [0, 0.1) is 3.57 Å². The summed E-state index contributed by atoms with van der Waals surface area (Å²) in [7, 11) is 2.88. The van der Waals surface area contributed by atoms with Gasteiger partial charge in [0.05, 0.1) is 14.2 Å². The van der Waals surface area contributed by atoms with Crippen LogP contribution in [0.25, 0.3) is 6.08 Å². The Hall–Kier alpha value is -2.40. The molecule has 0 unspecified atom stereocenters. The van der Waals surface area contributed by atoms with Crippen LogP contribution in [0.3, 0.4) is 0 Å². The Bertz CT molecular complexity index is 1040. The predicted octanol–water partition coefficient (Wildman–Crippen LogP) is 4.34. The molecule has 0 atom stereocenters. The number of esters is 2. The van der Waals surface area contributed by atoms with E-state index < -0.39 is 11.9 Å². The van der Waals surface area contributed by atoms with E-state index in [0.717, 1.165) is 8.04 Å². The Labute approximate surface area is 189 Å². The lowest BCUT2D eigenvalue weighted by Crippen LogP contribution is -2.06. The lowest BCUT2D eigenvalue weighted by atomic mass is 10.1. The van der Waals surface area contributed by atoms with E-state index in [1.165, 1.54) is 21.1 Å². The van der Waals surface area contributed by atoms with E-state index in [2.05, 4.69) is 43.5 Å². The molecule has 0 aliphatic carbocycles. The number of cyclic esters (lactones) is 1. The van der Waals surface area contributed by atoms with Crippen LogP contribution in [0.15, 0.2) is 45.5 Å². The van der Waals surface area contributed by atoms with Crippen LogP contribution in [0.5, 0.6) is 17.2 Å². The zero-order valence-electron chi connectivity index (χ0n) is 15.6. The van der Waals surface area contributed by atoms with Gasteiger partial charge in [-0.15, -0.1) is 0 Å². The van der Waals surface area contributed by atoms with Crippen LogP contribution >= 0.6 is 38.5 Å². The molecular weight excluding hydrogens is 557 g/mol. The SMILES string of the molecule is COc1cc(/C=C2\N=C(c3ccc(I)c(Br)c3)OC2=O)cc(OC)c1OC(C)=O. The number of aliphatic imine (C=N–C) groups is 1. The molecule has 0 saturated carbocycles. The van der Waals surface area contributed by atoms with E-state index in [1.54, 1.807) is 18.2 Å². The molecule has 7 nitrogen and oxygen atoms in total. The Kier molecular flexibility index (Phi) is 6.58. The largest absolute Gasteiger partial charge is 0.493 e. The first-order chi connectivity index (χ1) is 13.8. The molecule has 0 aromatic heterocycles. The van der Waals surface area contributed by atoms with Gasteiger partial charge in [-0.25, -0.2) is 9.79 Å². The number of rotatable bonds is 5. The minimum absolute atomic E-state index is 0.124. The summed E-state index contributed by atoms with van der Waals surface area (Å²) in [4.78, 5) is 27.9. The van der Waals surface area contributed by atoms with Gasteiger partial charge in [0.2, 0.25) is 11.6 Å².